The van der Waals surface area contributed by atoms with E-state index in [4.69, 9.17) is 4.74 Å². The summed E-state index contributed by atoms with van der Waals surface area (Å²) >= 11 is 0. The predicted molar refractivity (Wildman–Crippen MR) is 72.4 cm³/mol. The van der Waals surface area contributed by atoms with Gasteiger partial charge in [0.05, 0.1) is 11.0 Å². The molecule has 1 aromatic heterocycles. The van der Waals surface area contributed by atoms with Crippen molar-refractivity contribution in [3.05, 3.63) is 36.2 Å². The van der Waals surface area contributed by atoms with Gasteiger partial charge in [0, 0.05) is 32.2 Å². The molecule has 2 rings (SSSR count). The average molecular weight is 245 g/mol. The molecule has 1 unspecified atom stereocenters. The lowest BCUT2D eigenvalue weighted by Gasteiger charge is -2.17. The van der Waals surface area contributed by atoms with Gasteiger partial charge in [0.15, 0.2) is 0 Å². The summed E-state index contributed by atoms with van der Waals surface area (Å²) < 4.78 is 5.10. The number of nitrogens with one attached hydrogen (secondary N) is 1. The molecule has 1 atom stereocenters. The maximum absolute atomic E-state index is 5.10. The van der Waals surface area contributed by atoms with Crippen LogP contribution in [0.15, 0.2) is 30.6 Å². The first-order valence-corrected chi connectivity index (χ1v) is 6.22. The lowest BCUT2D eigenvalue weighted by atomic mass is 10.0. The summed E-state index contributed by atoms with van der Waals surface area (Å²) in [5.74, 6) is 0. The van der Waals surface area contributed by atoms with Crippen LogP contribution >= 0.6 is 0 Å². The SMILES string of the molecule is CNC(CCCOC)c1cccc2nccnc12. The van der Waals surface area contributed by atoms with Crippen LogP contribution in [0.2, 0.25) is 0 Å². The van der Waals surface area contributed by atoms with Crippen molar-refractivity contribution in [3.63, 3.8) is 0 Å². The number of methoxy groups -OCH3 is 1. The molecule has 0 spiro atoms. The van der Waals surface area contributed by atoms with Gasteiger partial charge in [-0.2, -0.15) is 0 Å². The summed E-state index contributed by atoms with van der Waals surface area (Å²) in [6.45, 7) is 0.786. The van der Waals surface area contributed by atoms with Crippen LogP contribution < -0.4 is 5.32 Å². The molecule has 2 aromatic rings. The number of rotatable bonds is 6. The van der Waals surface area contributed by atoms with Crippen molar-refractivity contribution < 1.29 is 4.74 Å². The summed E-state index contributed by atoms with van der Waals surface area (Å²) in [5, 5.41) is 3.35. The Morgan fingerprint density at radius 1 is 1.28 bits per heavy atom. The molecular weight excluding hydrogens is 226 g/mol. The van der Waals surface area contributed by atoms with Crippen LogP contribution in [0.25, 0.3) is 11.0 Å². The second-order valence-corrected chi connectivity index (χ2v) is 4.25. The molecule has 18 heavy (non-hydrogen) atoms. The first-order valence-electron chi connectivity index (χ1n) is 6.22. The molecule has 1 heterocycles. The van der Waals surface area contributed by atoms with E-state index < -0.39 is 0 Å². The fourth-order valence-electron chi connectivity index (χ4n) is 2.18. The summed E-state index contributed by atoms with van der Waals surface area (Å²) in [6, 6.07) is 6.44. The van der Waals surface area contributed by atoms with Gasteiger partial charge in [0.2, 0.25) is 0 Å². The van der Waals surface area contributed by atoms with E-state index in [1.807, 2.05) is 19.2 Å². The molecule has 0 saturated carbocycles. The molecule has 0 fully saturated rings. The Bertz CT molecular complexity index is 496. The van der Waals surface area contributed by atoms with Crippen molar-refractivity contribution in [2.24, 2.45) is 0 Å². The molecule has 0 radical (unpaired) electrons. The van der Waals surface area contributed by atoms with E-state index in [1.165, 1.54) is 5.56 Å². The summed E-state index contributed by atoms with van der Waals surface area (Å²) in [6.07, 6.45) is 5.53. The number of fused-ring (bicyclic) bond motifs is 1. The van der Waals surface area contributed by atoms with E-state index in [0.717, 1.165) is 30.5 Å². The first-order chi connectivity index (χ1) is 8.86. The summed E-state index contributed by atoms with van der Waals surface area (Å²) in [5.41, 5.74) is 3.14. The number of para-hydroxylation sites is 1. The summed E-state index contributed by atoms with van der Waals surface area (Å²) in [4.78, 5) is 8.78. The third-order valence-electron chi connectivity index (χ3n) is 3.09. The smallest absolute Gasteiger partial charge is 0.0934 e. The Balaban J connectivity index is 2.27. The Labute approximate surface area is 107 Å². The molecule has 0 aliphatic rings. The van der Waals surface area contributed by atoms with Crippen molar-refractivity contribution >= 4 is 11.0 Å². The van der Waals surface area contributed by atoms with E-state index in [9.17, 15) is 0 Å². The van der Waals surface area contributed by atoms with Crippen LogP contribution in [0.1, 0.15) is 24.4 Å². The van der Waals surface area contributed by atoms with Gasteiger partial charge in [0.1, 0.15) is 0 Å². The number of benzene rings is 1. The molecule has 0 bridgehead atoms. The maximum Gasteiger partial charge on any atom is 0.0934 e. The number of aromatic nitrogens is 2. The quantitative estimate of drug-likeness (QED) is 0.793. The molecule has 0 amide bonds. The maximum atomic E-state index is 5.10. The van der Waals surface area contributed by atoms with Crippen molar-refractivity contribution in [1.29, 1.82) is 0 Å². The highest BCUT2D eigenvalue weighted by Gasteiger charge is 2.13. The largest absolute Gasteiger partial charge is 0.385 e. The van der Waals surface area contributed by atoms with Gasteiger partial charge in [-0.3, -0.25) is 9.97 Å². The first kappa shape index (κ1) is 12.9. The van der Waals surface area contributed by atoms with Crippen LogP contribution in [-0.4, -0.2) is 30.7 Å². The molecule has 0 saturated heterocycles. The molecular formula is C14H19N3O. The standard InChI is InChI=1S/C14H19N3O/c1-15-12(7-4-10-18-2)11-5-3-6-13-14(11)17-9-8-16-13/h3,5-6,8-9,12,15H,4,7,10H2,1-2H3. The van der Waals surface area contributed by atoms with Gasteiger partial charge < -0.3 is 10.1 Å². The van der Waals surface area contributed by atoms with Gasteiger partial charge in [-0.25, -0.2) is 0 Å². The van der Waals surface area contributed by atoms with E-state index in [-0.39, 0.29) is 0 Å². The van der Waals surface area contributed by atoms with Crippen LogP contribution in [-0.2, 0) is 4.74 Å². The van der Waals surface area contributed by atoms with Crippen LogP contribution in [0, 0.1) is 0 Å². The van der Waals surface area contributed by atoms with Gasteiger partial charge in [0.25, 0.3) is 0 Å². The second kappa shape index (κ2) is 6.42. The number of ether oxygens (including phenoxy) is 1. The molecule has 0 aliphatic carbocycles. The van der Waals surface area contributed by atoms with E-state index in [2.05, 4.69) is 21.4 Å². The monoisotopic (exact) mass is 245 g/mol. The average Bonchev–Trinajstić information content (AvgIpc) is 2.43. The number of hydrogen-bond acceptors (Lipinski definition) is 4. The summed E-state index contributed by atoms with van der Waals surface area (Å²) in [7, 11) is 3.71. The van der Waals surface area contributed by atoms with E-state index >= 15 is 0 Å². The zero-order chi connectivity index (χ0) is 12.8. The molecule has 96 valence electrons. The van der Waals surface area contributed by atoms with Crippen molar-refractivity contribution in [2.45, 2.75) is 18.9 Å². The highest BCUT2D eigenvalue weighted by atomic mass is 16.5. The lowest BCUT2D eigenvalue weighted by Crippen LogP contribution is -2.17. The second-order valence-electron chi connectivity index (χ2n) is 4.25. The topological polar surface area (TPSA) is 47.0 Å². The minimum absolute atomic E-state index is 0.292. The van der Waals surface area contributed by atoms with E-state index in [1.54, 1.807) is 19.5 Å². The zero-order valence-corrected chi connectivity index (χ0v) is 10.9. The van der Waals surface area contributed by atoms with Gasteiger partial charge in [-0.1, -0.05) is 12.1 Å². The van der Waals surface area contributed by atoms with Crippen molar-refractivity contribution in [1.82, 2.24) is 15.3 Å². The molecule has 1 aromatic carbocycles. The highest BCUT2D eigenvalue weighted by molar-refractivity contribution is 5.78. The van der Waals surface area contributed by atoms with Gasteiger partial charge in [-0.05, 0) is 31.5 Å². The number of hydrogen-bond donors (Lipinski definition) is 1. The molecule has 4 nitrogen and oxygen atoms in total. The Kier molecular flexibility index (Phi) is 4.61. The minimum atomic E-state index is 0.292. The Hall–Kier alpha value is -1.52. The zero-order valence-electron chi connectivity index (χ0n) is 10.9. The third-order valence-corrected chi connectivity index (χ3v) is 3.09. The van der Waals surface area contributed by atoms with Gasteiger partial charge in [-0.15, -0.1) is 0 Å². The van der Waals surface area contributed by atoms with Crippen LogP contribution in [0.5, 0.6) is 0 Å². The molecule has 1 N–H and O–H groups in total. The Morgan fingerprint density at radius 2 is 2.11 bits per heavy atom. The third kappa shape index (κ3) is 2.83. The van der Waals surface area contributed by atoms with Crippen LogP contribution in [0.4, 0.5) is 0 Å². The Morgan fingerprint density at radius 3 is 2.89 bits per heavy atom. The fraction of sp³-hybridized carbons (Fsp3) is 0.429. The fourth-order valence-corrected chi connectivity index (χ4v) is 2.18. The van der Waals surface area contributed by atoms with Crippen LogP contribution in [0.3, 0.4) is 0 Å². The molecule has 0 aliphatic heterocycles. The molecule has 4 heteroatoms. The normalized spacial score (nSPS) is 12.8. The minimum Gasteiger partial charge on any atom is -0.385 e. The van der Waals surface area contributed by atoms with E-state index in [0.29, 0.717) is 6.04 Å². The van der Waals surface area contributed by atoms with Crippen molar-refractivity contribution in [3.8, 4) is 0 Å². The lowest BCUT2D eigenvalue weighted by molar-refractivity contribution is 0.189. The predicted octanol–water partition coefficient (Wildman–Crippen LogP) is 2.32. The van der Waals surface area contributed by atoms with Gasteiger partial charge >= 0.3 is 0 Å². The highest BCUT2D eigenvalue weighted by Crippen LogP contribution is 2.24. The number of nitrogens with zero attached hydrogens (tertiary/aromatic N) is 2. The van der Waals surface area contributed by atoms with Crippen molar-refractivity contribution in [2.75, 3.05) is 20.8 Å².